The van der Waals surface area contributed by atoms with Crippen LogP contribution in [0.5, 0.6) is 0 Å². The van der Waals surface area contributed by atoms with E-state index >= 15 is 0 Å². The zero-order chi connectivity index (χ0) is 41.0. The molecule has 0 bridgehead atoms. The lowest BCUT2D eigenvalue weighted by Crippen LogP contribution is -2.46. The molecule has 6 heteroatoms. The van der Waals surface area contributed by atoms with Crippen molar-refractivity contribution < 1.29 is 24.5 Å². The second-order valence-electron chi connectivity index (χ2n) is 15.8. The molecule has 0 spiro atoms. The molecule has 0 saturated heterocycles. The average Bonchev–Trinajstić information content (AvgIpc) is 3.19. The number of nitrogens with one attached hydrogen (secondary N) is 1. The number of hydrogen-bond donors (Lipinski definition) is 3. The number of ether oxygens (including phenoxy) is 1. The molecule has 0 aromatic heterocycles. The molecule has 0 saturated carbocycles. The normalized spacial score (nSPS) is 13.9. The van der Waals surface area contributed by atoms with Crippen molar-refractivity contribution in [3.05, 3.63) is 60.8 Å². The maximum Gasteiger partial charge on any atom is 0.306 e. The van der Waals surface area contributed by atoms with Crippen LogP contribution in [0.25, 0.3) is 0 Å². The van der Waals surface area contributed by atoms with E-state index in [0.717, 1.165) is 70.6 Å². The third-order valence-electron chi connectivity index (χ3n) is 10.4. The molecule has 3 atom stereocenters. The number of amides is 1. The van der Waals surface area contributed by atoms with Gasteiger partial charge in [-0.3, -0.25) is 9.59 Å². The van der Waals surface area contributed by atoms with Crippen LogP contribution in [0.3, 0.4) is 0 Å². The predicted molar refractivity (Wildman–Crippen MR) is 241 cm³/mol. The summed E-state index contributed by atoms with van der Waals surface area (Å²) in [6.07, 6.45) is 53.0. The van der Waals surface area contributed by atoms with Gasteiger partial charge in [0.2, 0.25) is 5.91 Å². The SMILES string of the molecule is CC/C=C\C/C=C\C/C=C\C/C=C\C/C=C\CC(CC(=O)NC(CO)C(O)CCCCCCCCCCCCCCC)OC(=O)CCCCCCCCCCC. The first kappa shape index (κ1) is 53.6. The molecule has 0 aliphatic rings. The van der Waals surface area contributed by atoms with Gasteiger partial charge in [0.15, 0.2) is 0 Å². The van der Waals surface area contributed by atoms with Crippen LogP contribution >= 0.6 is 0 Å². The van der Waals surface area contributed by atoms with Crippen molar-refractivity contribution in [2.45, 2.75) is 238 Å². The Labute approximate surface area is 346 Å². The Kier molecular flexibility index (Phi) is 41.8. The van der Waals surface area contributed by atoms with Gasteiger partial charge in [-0.05, 0) is 44.9 Å². The van der Waals surface area contributed by atoms with E-state index in [-0.39, 0.29) is 24.9 Å². The highest BCUT2D eigenvalue weighted by Crippen LogP contribution is 2.16. The molecule has 1 amide bonds. The summed E-state index contributed by atoms with van der Waals surface area (Å²) >= 11 is 0. The van der Waals surface area contributed by atoms with E-state index in [2.05, 4.69) is 74.7 Å². The largest absolute Gasteiger partial charge is 0.461 e. The summed E-state index contributed by atoms with van der Waals surface area (Å²) in [4.78, 5) is 25.9. The van der Waals surface area contributed by atoms with Gasteiger partial charge in [0, 0.05) is 12.8 Å². The zero-order valence-corrected chi connectivity index (χ0v) is 36.8. The van der Waals surface area contributed by atoms with Crippen LogP contribution in [0.4, 0.5) is 0 Å². The fourth-order valence-corrected chi connectivity index (χ4v) is 6.81. The van der Waals surface area contributed by atoms with Crippen molar-refractivity contribution >= 4 is 11.9 Å². The summed E-state index contributed by atoms with van der Waals surface area (Å²) in [6.45, 7) is 6.31. The van der Waals surface area contributed by atoms with E-state index in [9.17, 15) is 19.8 Å². The maximum absolute atomic E-state index is 13.1. The van der Waals surface area contributed by atoms with Gasteiger partial charge in [0.25, 0.3) is 0 Å². The van der Waals surface area contributed by atoms with E-state index in [1.165, 1.54) is 103 Å². The Bertz CT molecular complexity index is 1010. The number of esters is 1. The van der Waals surface area contributed by atoms with Crippen molar-refractivity contribution in [3.63, 3.8) is 0 Å². The van der Waals surface area contributed by atoms with Gasteiger partial charge in [-0.25, -0.2) is 0 Å². The fraction of sp³-hybridized carbons (Fsp3) is 0.760. The Morgan fingerprint density at radius 3 is 1.36 bits per heavy atom. The van der Waals surface area contributed by atoms with Crippen LogP contribution in [-0.2, 0) is 14.3 Å². The lowest BCUT2D eigenvalue weighted by atomic mass is 10.0. The van der Waals surface area contributed by atoms with Gasteiger partial charge in [-0.15, -0.1) is 0 Å². The van der Waals surface area contributed by atoms with Crippen molar-refractivity contribution in [3.8, 4) is 0 Å². The zero-order valence-electron chi connectivity index (χ0n) is 36.8. The molecule has 0 aromatic rings. The van der Waals surface area contributed by atoms with Gasteiger partial charge in [-0.1, -0.05) is 216 Å². The molecule has 0 aliphatic heterocycles. The topological polar surface area (TPSA) is 95.9 Å². The Hall–Kier alpha value is -2.44. The highest BCUT2D eigenvalue weighted by molar-refractivity contribution is 5.77. The minimum atomic E-state index is -0.810. The van der Waals surface area contributed by atoms with Gasteiger partial charge < -0.3 is 20.3 Å². The molecule has 0 fully saturated rings. The molecule has 0 aromatic carbocycles. The van der Waals surface area contributed by atoms with Crippen molar-refractivity contribution in [1.82, 2.24) is 5.32 Å². The second-order valence-corrected chi connectivity index (χ2v) is 15.8. The number of carbonyl (C=O) groups is 2. The summed E-state index contributed by atoms with van der Waals surface area (Å²) < 4.78 is 5.83. The van der Waals surface area contributed by atoms with E-state index in [4.69, 9.17) is 4.74 Å². The number of carbonyl (C=O) groups excluding carboxylic acids is 2. The van der Waals surface area contributed by atoms with Crippen LogP contribution < -0.4 is 5.32 Å². The quantitative estimate of drug-likeness (QED) is 0.0326. The maximum atomic E-state index is 13.1. The molecule has 3 N–H and O–H groups in total. The number of aliphatic hydroxyl groups is 2. The van der Waals surface area contributed by atoms with E-state index in [0.29, 0.717) is 19.3 Å². The number of hydrogen-bond acceptors (Lipinski definition) is 5. The summed E-state index contributed by atoms with van der Waals surface area (Å²) in [6, 6.07) is -0.730. The third-order valence-corrected chi connectivity index (χ3v) is 10.4. The standard InChI is InChI=1S/C50H89NO5/c1-4-7-10-13-16-19-21-23-24-26-27-30-32-35-38-41-46(56-50(55)43-40-37-34-29-18-15-12-9-6-3)44-49(54)51-47(45-52)48(53)42-39-36-33-31-28-25-22-20-17-14-11-8-5-2/h7,10,16,19,23-24,27,30,35,38,46-48,52-53H,4-6,8-9,11-15,17-18,20-22,25-26,28-29,31-34,36-37,39-45H2,1-3H3,(H,51,54)/b10-7-,19-16-,24-23-,30-27-,38-35-. The van der Waals surface area contributed by atoms with Crippen LogP contribution in [0.2, 0.25) is 0 Å². The van der Waals surface area contributed by atoms with Gasteiger partial charge >= 0.3 is 5.97 Å². The molecule has 0 rings (SSSR count). The third kappa shape index (κ3) is 38.4. The van der Waals surface area contributed by atoms with Crippen LogP contribution in [-0.4, -0.2) is 46.9 Å². The Balaban J connectivity index is 4.71. The van der Waals surface area contributed by atoms with Crippen molar-refractivity contribution in [2.75, 3.05) is 6.61 Å². The molecule has 3 unspecified atom stereocenters. The number of allylic oxidation sites excluding steroid dienone is 9. The van der Waals surface area contributed by atoms with Gasteiger partial charge in [0.05, 0.1) is 25.2 Å². The van der Waals surface area contributed by atoms with Gasteiger partial charge in [0.1, 0.15) is 6.10 Å². The monoisotopic (exact) mass is 784 g/mol. The van der Waals surface area contributed by atoms with E-state index in [1.807, 2.05) is 12.2 Å². The van der Waals surface area contributed by atoms with Crippen LogP contribution in [0.15, 0.2) is 60.8 Å². The first-order valence-corrected chi connectivity index (χ1v) is 23.5. The number of rotatable bonds is 41. The lowest BCUT2D eigenvalue weighted by Gasteiger charge is -2.24. The molecule has 0 radical (unpaired) electrons. The van der Waals surface area contributed by atoms with Crippen molar-refractivity contribution in [2.24, 2.45) is 0 Å². The number of aliphatic hydroxyl groups excluding tert-OH is 2. The fourth-order valence-electron chi connectivity index (χ4n) is 6.81. The van der Waals surface area contributed by atoms with Crippen LogP contribution in [0.1, 0.15) is 220 Å². The second kappa shape index (κ2) is 43.7. The minimum Gasteiger partial charge on any atom is -0.461 e. The highest BCUT2D eigenvalue weighted by Gasteiger charge is 2.23. The molecule has 324 valence electrons. The molecular weight excluding hydrogens is 695 g/mol. The lowest BCUT2D eigenvalue weighted by molar-refractivity contribution is -0.150. The average molecular weight is 784 g/mol. The summed E-state index contributed by atoms with van der Waals surface area (Å²) in [5, 5.41) is 23.6. The molecular formula is C50H89NO5. The van der Waals surface area contributed by atoms with E-state index < -0.39 is 18.2 Å². The predicted octanol–water partition coefficient (Wildman–Crippen LogP) is 13.7. The summed E-state index contributed by atoms with van der Waals surface area (Å²) in [5.74, 6) is -0.582. The molecule has 6 nitrogen and oxygen atoms in total. The Morgan fingerprint density at radius 2 is 0.929 bits per heavy atom. The smallest absolute Gasteiger partial charge is 0.306 e. The Morgan fingerprint density at radius 1 is 0.536 bits per heavy atom. The van der Waals surface area contributed by atoms with Crippen molar-refractivity contribution in [1.29, 1.82) is 0 Å². The minimum absolute atomic E-state index is 0.000227. The summed E-state index contributed by atoms with van der Waals surface area (Å²) in [5.41, 5.74) is 0. The first-order chi connectivity index (χ1) is 27.5. The molecule has 0 heterocycles. The number of unbranched alkanes of at least 4 members (excludes halogenated alkanes) is 20. The molecule has 0 aliphatic carbocycles. The first-order valence-electron chi connectivity index (χ1n) is 23.5. The van der Waals surface area contributed by atoms with Crippen LogP contribution in [0, 0.1) is 0 Å². The highest BCUT2D eigenvalue weighted by atomic mass is 16.5. The van der Waals surface area contributed by atoms with Gasteiger partial charge in [-0.2, -0.15) is 0 Å². The molecule has 56 heavy (non-hydrogen) atoms. The van der Waals surface area contributed by atoms with E-state index in [1.54, 1.807) is 0 Å². The summed E-state index contributed by atoms with van der Waals surface area (Å²) in [7, 11) is 0.